The summed E-state index contributed by atoms with van der Waals surface area (Å²) < 4.78 is 1.78. The fourth-order valence-corrected chi connectivity index (χ4v) is 2.53. The molecular weight excluding hydrogens is 260 g/mol. The molecule has 0 aliphatic heterocycles. The van der Waals surface area contributed by atoms with Gasteiger partial charge in [-0.3, -0.25) is 4.99 Å². The van der Waals surface area contributed by atoms with Crippen molar-refractivity contribution in [1.29, 1.82) is 0 Å². The van der Waals surface area contributed by atoms with Crippen molar-refractivity contribution in [1.82, 2.24) is 4.57 Å². The molecule has 0 amide bonds. The van der Waals surface area contributed by atoms with Gasteiger partial charge in [-0.05, 0) is 37.1 Å². The van der Waals surface area contributed by atoms with Crippen LogP contribution in [0.25, 0.3) is 10.9 Å². The highest BCUT2D eigenvalue weighted by Gasteiger charge is 2.11. The molecule has 2 aromatic carbocycles. The van der Waals surface area contributed by atoms with Crippen molar-refractivity contribution in [2.45, 2.75) is 13.8 Å². The van der Waals surface area contributed by atoms with Crippen LogP contribution < -0.4 is 0 Å². The molecule has 0 bridgehead atoms. The quantitative estimate of drug-likeness (QED) is 0.699. The van der Waals surface area contributed by atoms with Gasteiger partial charge in [0.05, 0.1) is 16.8 Å². The molecule has 1 N–H and O–H groups in total. The van der Waals surface area contributed by atoms with Crippen LogP contribution in [0.1, 0.15) is 16.7 Å². The zero-order valence-electron chi connectivity index (χ0n) is 12.5. The Morgan fingerprint density at radius 2 is 1.86 bits per heavy atom. The molecule has 0 radical (unpaired) electrons. The first-order valence-corrected chi connectivity index (χ1v) is 6.95. The van der Waals surface area contributed by atoms with E-state index in [-0.39, 0.29) is 5.88 Å². The molecule has 3 rings (SSSR count). The van der Waals surface area contributed by atoms with E-state index in [1.807, 2.05) is 51.2 Å². The Bertz CT molecular complexity index is 844. The average Bonchev–Trinajstić information content (AvgIpc) is 2.73. The standard InChI is InChI=1S/C18H18N2O/c1-12-8-9-13(2)16(10-12)19-11-15-14-6-4-5-7-17(14)20(3)18(15)21/h4-11,21H,1-3H3. The Kier molecular flexibility index (Phi) is 3.26. The van der Waals surface area contributed by atoms with Gasteiger partial charge in [-0.15, -0.1) is 0 Å². The average molecular weight is 278 g/mol. The van der Waals surface area contributed by atoms with Gasteiger partial charge < -0.3 is 9.67 Å². The van der Waals surface area contributed by atoms with E-state index in [1.54, 1.807) is 10.8 Å². The van der Waals surface area contributed by atoms with Crippen LogP contribution in [0.5, 0.6) is 5.88 Å². The van der Waals surface area contributed by atoms with Gasteiger partial charge in [0.1, 0.15) is 0 Å². The molecule has 0 atom stereocenters. The number of hydrogen-bond donors (Lipinski definition) is 1. The predicted octanol–water partition coefficient (Wildman–Crippen LogP) is 4.25. The lowest BCUT2D eigenvalue weighted by molar-refractivity contribution is 0.434. The number of fused-ring (bicyclic) bond motifs is 1. The lowest BCUT2D eigenvalue weighted by Crippen LogP contribution is -1.86. The second-order valence-corrected chi connectivity index (χ2v) is 5.36. The molecule has 3 heteroatoms. The van der Waals surface area contributed by atoms with Crippen molar-refractivity contribution in [2.24, 2.45) is 12.0 Å². The summed E-state index contributed by atoms with van der Waals surface area (Å²) in [5, 5.41) is 11.3. The lowest BCUT2D eigenvalue weighted by Gasteiger charge is -2.01. The number of aryl methyl sites for hydroxylation is 3. The molecular formula is C18H18N2O. The predicted molar refractivity (Wildman–Crippen MR) is 87.8 cm³/mol. The summed E-state index contributed by atoms with van der Waals surface area (Å²) in [6.07, 6.45) is 1.75. The number of aliphatic imine (C=N–C) groups is 1. The number of nitrogens with zero attached hydrogens (tertiary/aromatic N) is 2. The molecule has 1 heterocycles. The largest absolute Gasteiger partial charge is 0.494 e. The lowest BCUT2D eigenvalue weighted by atomic mass is 10.1. The van der Waals surface area contributed by atoms with Crippen LogP contribution in [-0.2, 0) is 7.05 Å². The van der Waals surface area contributed by atoms with Gasteiger partial charge in [0.2, 0.25) is 5.88 Å². The maximum Gasteiger partial charge on any atom is 0.200 e. The van der Waals surface area contributed by atoms with E-state index >= 15 is 0 Å². The van der Waals surface area contributed by atoms with Crippen molar-refractivity contribution in [3.8, 4) is 5.88 Å². The van der Waals surface area contributed by atoms with E-state index in [2.05, 4.69) is 17.1 Å². The number of aromatic hydroxyl groups is 1. The summed E-state index contributed by atoms with van der Waals surface area (Å²) in [6.45, 7) is 4.09. The maximum absolute atomic E-state index is 10.3. The van der Waals surface area contributed by atoms with Crippen LogP contribution in [0, 0.1) is 13.8 Å². The minimum absolute atomic E-state index is 0.241. The monoisotopic (exact) mass is 278 g/mol. The van der Waals surface area contributed by atoms with E-state index in [9.17, 15) is 5.11 Å². The molecule has 3 aromatic rings. The fourth-order valence-electron chi connectivity index (χ4n) is 2.53. The number of rotatable bonds is 2. The summed E-state index contributed by atoms with van der Waals surface area (Å²) >= 11 is 0. The fraction of sp³-hybridized carbons (Fsp3) is 0.167. The first-order chi connectivity index (χ1) is 10.1. The van der Waals surface area contributed by atoms with Crippen LogP contribution in [0.4, 0.5) is 5.69 Å². The minimum Gasteiger partial charge on any atom is -0.494 e. The van der Waals surface area contributed by atoms with Gasteiger partial charge in [0, 0.05) is 18.6 Å². The molecule has 0 saturated carbocycles. The summed E-state index contributed by atoms with van der Waals surface area (Å²) in [4.78, 5) is 4.56. The summed E-state index contributed by atoms with van der Waals surface area (Å²) in [5.74, 6) is 0.241. The first-order valence-electron chi connectivity index (χ1n) is 6.95. The van der Waals surface area contributed by atoms with E-state index < -0.39 is 0 Å². The van der Waals surface area contributed by atoms with Crippen molar-refractivity contribution < 1.29 is 5.11 Å². The first kappa shape index (κ1) is 13.4. The normalized spacial score (nSPS) is 11.6. The number of para-hydroxylation sites is 1. The van der Waals surface area contributed by atoms with E-state index in [0.29, 0.717) is 0 Å². The Labute approximate surface area is 124 Å². The molecule has 0 fully saturated rings. The van der Waals surface area contributed by atoms with Crippen molar-refractivity contribution in [3.05, 3.63) is 59.2 Å². The van der Waals surface area contributed by atoms with E-state index in [4.69, 9.17) is 0 Å². The Balaban J connectivity index is 2.12. The molecule has 0 aliphatic carbocycles. The second-order valence-electron chi connectivity index (χ2n) is 5.36. The van der Waals surface area contributed by atoms with Gasteiger partial charge in [0.25, 0.3) is 0 Å². The van der Waals surface area contributed by atoms with Gasteiger partial charge in [-0.1, -0.05) is 30.3 Å². The van der Waals surface area contributed by atoms with Crippen molar-refractivity contribution in [2.75, 3.05) is 0 Å². The SMILES string of the molecule is Cc1ccc(C)c(N=Cc2c(O)n(C)c3ccccc23)c1. The molecule has 0 aliphatic rings. The highest BCUT2D eigenvalue weighted by Crippen LogP contribution is 2.29. The smallest absolute Gasteiger partial charge is 0.200 e. The molecule has 0 saturated heterocycles. The Morgan fingerprint density at radius 3 is 2.67 bits per heavy atom. The maximum atomic E-state index is 10.3. The molecule has 0 spiro atoms. The third-order valence-corrected chi connectivity index (χ3v) is 3.81. The van der Waals surface area contributed by atoms with Crippen molar-refractivity contribution in [3.63, 3.8) is 0 Å². The third kappa shape index (κ3) is 2.31. The molecule has 106 valence electrons. The topological polar surface area (TPSA) is 37.5 Å². The summed E-state index contributed by atoms with van der Waals surface area (Å²) in [6, 6.07) is 14.1. The number of aromatic nitrogens is 1. The van der Waals surface area contributed by atoms with Crippen LogP contribution >= 0.6 is 0 Å². The van der Waals surface area contributed by atoms with E-state index in [0.717, 1.165) is 27.7 Å². The number of hydrogen-bond acceptors (Lipinski definition) is 2. The van der Waals surface area contributed by atoms with E-state index in [1.165, 1.54) is 5.56 Å². The molecule has 3 nitrogen and oxygen atoms in total. The van der Waals surface area contributed by atoms with Crippen LogP contribution in [0.2, 0.25) is 0 Å². The molecule has 1 aromatic heterocycles. The Morgan fingerprint density at radius 1 is 1.10 bits per heavy atom. The zero-order valence-corrected chi connectivity index (χ0v) is 12.5. The van der Waals surface area contributed by atoms with Gasteiger partial charge in [0.15, 0.2) is 0 Å². The van der Waals surface area contributed by atoms with Gasteiger partial charge >= 0.3 is 0 Å². The molecule has 21 heavy (non-hydrogen) atoms. The highest BCUT2D eigenvalue weighted by molar-refractivity contribution is 6.03. The Hall–Kier alpha value is -2.55. The van der Waals surface area contributed by atoms with Gasteiger partial charge in [-0.2, -0.15) is 0 Å². The highest BCUT2D eigenvalue weighted by atomic mass is 16.3. The van der Waals surface area contributed by atoms with Crippen LogP contribution in [0.15, 0.2) is 47.5 Å². The van der Waals surface area contributed by atoms with Crippen LogP contribution in [0.3, 0.4) is 0 Å². The third-order valence-electron chi connectivity index (χ3n) is 3.81. The minimum atomic E-state index is 0.241. The number of benzene rings is 2. The van der Waals surface area contributed by atoms with Gasteiger partial charge in [-0.25, -0.2) is 0 Å². The second kappa shape index (κ2) is 5.09. The summed E-state index contributed by atoms with van der Waals surface area (Å²) in [7, 11) is 1.85. The van der Waals surface area contributed by atoms with Crippen LogP contribution in [-0.4, -0.2) is 15.9 Å². The van der Waals surface area contributed by atoms with Crippen molar-refractivity contribution >= 4 is 22.8 Å². The summed E-state index contributed by atoms with van der Waals surface area (Å²) in [5.41, 5.74) is 4.99. The molecule has 0 unspecified atom stereocenters. The zero-order chi connectivity index (χ0) is 15.0.